The molecule has 0 aliphatic carbocycles. The summed E-state index contributed by atoms with van der Waals surface area (Å²) in [7, 11) is 0. The minimum atomic E-state index is -0.501. The number of hydrogen-bond acceptors (Lipinski definition) is 5. The van der Waals surface area contributed by atoms with E-state index in [0.717, 1.165) is 5.56 Å². The second-order valence-corrected chi connectivity index (χ2v) is 6.25. The Labute approximate surface area is 129 Å². The van der Waals surface area contributed by atoms with Gasteiger partial charge >= 0.3 is 5.97 Å². The molecule has 2 rings (SSSR count). The maximum Gasteiger partial charge on any atom is 0.312 e. The first-order chi connectivity index (χ1) is 10.2. The van der Waals surface area contributed by atoms with Crippen molar-refractivity contribution in [2.24, 2.45) is 10.9 Å². The van der Waals surface area contributed by atoms with Crippen LogP contribution in [0, 0.1) is 5.41 Å². The SMILES string of the molecule is CC(C)(C)OC(=O)CC1=NOC(c2ccc(C(=N)N)cc2)C1. The Balaban J connectivity index is 1.91. The molecule has 0 saturated heterocycles. The minimum absolute atomic E-state index is 0.0285. The van der Waals surface area contributed by atoms with Crippen LogP contribution >= 0.6 is 0 Å². The van der Waals surface area contributed by atoms with Crippen LogP contribution in [0.5, 0.6) is 0 Å². The average molecular weight is 303 g/mol. The number of carbonyl (C=O) groups is 1. The number of nitrogens with one attached hydrogen (secondary N) is 1. The smallest absolute Gasteiger partial charge is 0.312 e. The molecule has 118 valence electrons. The summed E-state index contributed by atoms with van der Waals surface area (Å²) in [6.45, 7) is 5.49. The molecule has 0 radical (unpaired) electrons. The molecule has 1 atom stereocenters. The molecule has 3 N–H and O–H groups in total. The van der Waals surface area contributed by atoms with Crippen molar-refractivity contribution in [3.8, 4) is 0 Å². The summed E-state index contributed by atoms with van der Waals surface area (Å²) in [5.41, 5.74) is 7.20. The van der Waals surface area contributed by atoms with Gasteiger partial charge in [0.15, 0.2) is 6.10 Å². The van der Waals surface area contributed by atoms with Crippen molar-refractivity contribution in [2.45, 2.75) is 45.3 Å². The number of oxime groups is 1. The van der Waals surface area contributed by atoms with Crippen molar-refractivity contribution < 1.29 is 14.4 Å². The van der Waals surface area contributed by atoms with Gasteiger partial charge in [0.2, 0.25) is 0 Å². The first kappa shape index (κ1) is 16.0. The largest absolute Gasteiger partial charge is 0.460 e. The molecule has 1 aromatic rings. The predicted molar refractivity (Wildman–Crippen MR) is 83.8 cm³/mol. The van der Waals surface area contributed by atoms with Gasteiger partial charge in [-0.1, -0.05) is 29.4 Å². The average Bonchev–Trinajstić information content (AvgIpc) is 2.85. The first-order valence-corrected chi connectivity index (χ1v) is 7.12. The standard InChI is InChI=1S/C16H21N3O3/c1-16(2,3)21-14(20)9-12-8-13(22-19-12)10-4-6-11(7-5-10)15(17)18/h4-7,13H,8-9H2,1-3H3,(H3,17,18). The molecule has 1 unspecified atom stereocenters. The van der Waals surface area contributed by atoms with E-state index in [0.29, 0.717) is 17.7 Å². The van der Waals surface area contributed by atoms with Gasteiger partial charge in [0.05, 0.1) is 12.1 Å². The van der Waals surface area contributed by atoms with Gasteiger partial charge in [-0.2, -0.15) is 0 Å². The number of carbonyl (C=O) groups excluding carboxylic acids is 1. The van der Waals surface area contributed by atoms with Crippen molar-refractivity contribution in [2.75, 3.05) is 0 Å². The highest BCUT2D eigenvalue weighted by Crippen LogP contribution is 2.28. The lowest BCUT2D eigenvalue weighted by molar-refractivity contribution is -0.153. The fraction of sp³-hybridized carbons (Fsp3) is 0.438. The number of rotatable bonds is 4. The van der Waals surface area contributed by atoms with Crippen LogP contribution in [0.25, 0.3) is 0 Å². The Morgan fingerprint density at radius 1 is 1.41 bits per heavy atom. The third-order valence-electron chi connectivity index (χ3n) is 3.09. The van der Waals surface area contributed by atoms with E-state index in [1.165, 1.54) is 0 Å². The third-order valence-corrected chi connectivity index (χ3v) is 3.09. The highest BCUT2D eigenvalue weighted by molar-refractivity contribution is 5.99. The number of esters is 1. The fourth-order valence-corrected chi connectivity index (χ4v) is 2.13. The zero-order valence-corrected chi connectivity index (χ0v) is 13.1. The van der Waals surface area contributed by atoms with Gasteiger partial charge in [-0.05, 0) is 26.3 Å². The molecule has 0 amide bonds. The normalized spacial score (nSPS) is 17.6. The lowest BCUT2D eigenvalue weighted by Crippen LogP contribution is -2.25. The van der Waals surface area contributed by atoms with E-state index < -0.39 is 5.60 Å². The van der Waals surface area contributed by atoms with Crippen molar-refractivity contribution in [3.63, 3.8) is 0 Å². The summed E-state index contributed by atoms with van der Waals surface area (Å²) in [4.78, 5) is 17.2. The van der Waals surface area contributed by atoms with E-state index in [4.69, 9.17) is 20.7 Å². The Morgan fingerprint density at radius 2 is 2.05 bits per heavy atom. The number of nitrogens with zero attached hydrogens (tertiary/aromatic N) is 1. The molecule has 22 heavy (non-hydrogen) atoms. The summed E-state index contributed by atoms with van der Waals surface area (Å²) in [6.07, 6.45) is 0.483. The second kappa shape index (κ2) is 6.17. The molecule has 1 aliphatic rings. The van der Waals surface area contributed by atoms with Crippen LogP contribution in [0.2, 0.25) is 0 Å². The second-order valence-electron chi connectivity index (χ2n) is 6.25. The number of ether oxygens (including phenoxy) is 1. The molecular formula is C16H21N3O3. The Bertz CT molecular complexity index is 600. The number of amidine groups is 1. The fourth-order valence-electron chi connectivity index (χ4n) is 2.13. The van der Waals surface area contributed by atoms with Gasteiger partial charge in [0.25, 0.3) is 0 Å². The summed E-state index contributed by atoms with van der Waals surface area (Å²) in [5, 5.41) is 11.3. The predicted octanol–water partition coefficient (Wildman–Crippen LogP) is 2.52. The zero-order chi connectivity index (χ0) is 16.3. The van der Waals surface area contributed by atoms with Crippen LogP contribution in [0.4, 0.5) is 0 Å². The lowest BCUT2D eigenvalue weighted by atomic mass is 10.0. The molecule has 0 spiro atoms. The van der Waals surface area contributed by atoms with Crippen molar-refractivity contribution in [3.05, 3.63) is 35.4 Å². The molecular weight excluding hydrogens is 282 g/mol. The van der Waals surface area contributed by atoms with Crippen LogP contribution in [0.15, 0.2) is 29.4 Å². The molecule has 1 aliphatic heterocycles. The van der Waals surface area contributed by atoms with Gasteiger partial charge in [0.1, 0.15) is 11.4 Å². The van der Waals surface area contributed by atoms with Crippen LogP contribution in [-0.2, 0) is 14.4 Å². The topological polar surface area (TPSA) is 97.8 Å². The molecule has 0 bridgehead atoms. The molecule has 1 heterocycles. The van der Waals surface area contributed by atoms with E-state index >= 15 is 0 Å². The lowest BCUT2D eigenvalue weighted by Gasteiger charge is -2.19. The van der Waals surface area contributed by atoms with Crippen molar-refractivity contribution >= 4 is 17.5 Å². The van der Waals surface area contributed by atoms with Gasteiger partial charge in [-0.25, -0.2) is 0 Å². The number of hydrogen-bond donors (Lipinski definition) is 2. The van der Waals surface area contributed by atoms with Crippen LogP contribution in [-0.4, -0.2) is 23.1 Å². The van der Waals surface area contributed by atoms with Gasteiger partial charge in [0, 0.05) is 12.0 Å². The maximum absolute atomic E-state index is 11.8. The quantitative estimate of drug-likeness (QED) is 0.507. The summed E-state index contributed by atoms with van der Waals surface area (Å²) in [6, 6.07) is 7.25. The highest BCUT2D eigenvalue weighted by Gasteiger charge is 2.26. The minimum Gasteiger partial charge on any atom is -0.460 e. The molecule has 0 fully saturated rings. The van der Waals surface area contributed by atoms with E-state index in [2.05, 4.69) is 5.16 Å². The van der Waals surface area contributed by atoms with Crippen molar-refractivity contribution in [1.29, 1.82) is 5.41 Å². The maximum atomic E-state index is 11.8. The van der Waals surface area contributed by atoms with Gasteiger partial charge < -0.3 is 15.3 Å². The third kappa shape index (κ3) is 4.31. The number of benzene rings is 1. The Hall–Kier alpha value is -2.37. The summed E-state index contributed by atoms with van der Waals surface area (Å²) < 4.78 is 5.27. The number of nitrogen functional groups attached to an aromatic ring is 1. The summed E-state index contributed by atoms with van der Waals surface area (Å²) in [5.74, 6) is -0.275. The molecule has 0 saturated carbocycles. The monoisotopic (exact) mass is 303 g/mol. The summed E-state index contributed by atoms with van der Waals surface area (Å²) >= 11 is 0. The number of nitrogens with two attached hydrogens (primary N) is 1. The molecule has 0 aromatic heterocycles. The Kier molecular flexibility index (Phi) is 4.49. The highest BCUT2D eigenvalue weighted by atomic mass is 16.6. The molecule has 6 nitrogen and oxygen atoms in total. The molecule has 6 heteroatoms. The van der Waals surface area contributed by atoms with Gasteiger partial charge in [-0.3, -0.25) is 10.2 Å². The van der Waals surface area contributed by atoms with Gasteiger partial charge in [-0.15, -0.1) is 0 Å². The van der Waals surface area contributed by atoms with E-state index in [1.807, 2.05) is 32.9 Å². The Morgan fingerprint density at radius 3 is 2.59 bits per heavy atom. The zero-order valence-electron chi connectivity index (χ0n) is 13.1. The van der Waals surface area contributed by atoms with Crippen LogP contribution in [0.3, 0.4) is 0 Å². The first-order valence-electron chi connectivity index (χ1n) is 7.12. The van der Waals surface area contributed by atoms with Crippen LogP contribution in [0.1, 0.15) is 50.8 Å². The molecule has 1 aromatic carbocycles. The van der Waals surface area contributed by atoms with E-state index in [1.54, 1.807) is 12.1 Å². The van der Waals surface area contributed by atoms with E-state index in [-0.39, 0.29) is 24.3 Å². The van der Waals surface area contributed by atoms with Crippen molar-refractivity contribution in [1.82, 2.24) is 0 Å². The van der Waals surface area contributed by atoms with E-state index in [9.17, 15) is 4.79 Å². The van der Waals surface area contributed by atoms with Crippen LogP contribution < -0.4 is 5.73 Å².